The Kier molecular flexibility index (Phi) is 5.36. The Balaban J connectivity index is 2.30. The van der Waals surface area contributed by atoms with E-state index in [0.717, 1.165) is 5.56 Å². The molecule has 6 heteroatoms. The van der Waals surface area contributed by atoms with Crippen LogP contribution in [0, 0.1) is 0 Å². The molecule has 0 unspecified atom stereocenters. The molecule has 0 saturated heterocycles. The number of benzene rings is 2. The molecule has 0 radical (unpaired) electrons. The molecule has 0 heterocycles. The van der Waals surface area contributed by atoms with Gasteiger partial charge in [0.1, 0.15) is 0 Å². The van der Waals surface area contributed by atoms with E-state index in [4.69, 9.17) is 17.3 Å². The SMILES string of the molecule is NCCN(Cc1ccccc1)S(=O)(=O)c1ccc(Cl)cc1. The molecule has 0 fully saturated rings. The van der Waals surface area contributed by atoms with Crippen LogP contribution in [0.15, 0.2) is 59.5 Å². The molecular formula is C15H17ClN2O2S. The van der Waals surface area contributed by atoms with Crippen LogP contribution in [0.5, 0.6) is 0 Å². The summed E-state index contributed by atoms with van der Waals surface area (Å²) in [5.74, 6) is 0. The molecule has 4 nitrogen and oxygen atoms in total. The average Bonchev–Trinajstić information content (AvgIpc) is 2.48. The quantitative estimate of drug-likeness (QED) is 0.888. The first kappa shape index (κ1) is 16.0. The van der Waals surface area contributed by atoms with Crippen molar-refractivity contribution >= 4 is 21.6 Å². The van der Waals surface area contributed by atoms with Gasteiger partial charge in [-0.3, -0.25) is 0 Å². The third-order valence-electron chi connectivity index (χ3n) is 3.03. The van der Waals surface area contributed by atoms with E-state index in [2.05, 4.69) is 0 Å². The van der Waals surface area contributed by atoms with Crippen LogP contribution in [0.4, 0.5) is 0 Å². The first-order valence-corrected chi connectivity index (χ1v) is 8.35. The zero-order valence-corrected chi connectivity index (χ0v) is 13.0. The van der Waals surface area contributed by atoms with Gasteiger partial charge in [0.2, 0.25) is 10.0 Å². The van der Waals surface area contributed by atoms with E-state index in [9.17, 15) is 8.42 Å². The third kappa shape index (κ3) is 4.04. The van der Waals surface area contributed by atoms with Crippen molar-refractivity contribution in [3.8, 4) is 0 Å². The lowest BCUT2D eigenvalue weighted by molar-refractivity contribution is 0.414. The first-order chi connectivity index (χ1) is 10.0. The minimum absolute atomic E-state index is 0.219. The molecule has 2 aromatic carbocycles. The lowest BCUT2D eigenvalue weighted by atomic mass is 10.2. The van der Waals surface area contributed by atoms with Crippen LogP contribution in [-0.4, -0.2) is 25.8 Å². The minimum Gasteiger partial charge on any atom is -0.329 e. The predicted molar refractivity (Wildman–Crippen MR) is 84.5 cm³/mol. The summed E-state index contributed by atoms with van der Waals surface area (Å²) in [5, 5.41) is 0.502. The Morgan fingerprint density at radius 2 is 1.62 bits per heavy atom. The summed E-state index contributed by atoms with van der Waals surface area (Å²) in [5.41, 5.74) is 6.47. The van der Waals surface area contributed by atoms with E-state index < -0.39 is 10.0 Å². The zero-order valence-electron chi connectivity index (χ0n) is 11.4. The van der Waals surface area contributed by atoms with Crippen molar-refractivity contribution in [3.63, 3.8) is 0 Å². The van der Waals surface area contributed by atoms with E-state index in [0.29, 0.717) is 11.6 Å². The van der Waals surface area contributed by atoms with Crippen LogP contribution in [-0.2, 0) is 16.6 Å². The predicted octanol–water partition coefficient (Wildman–Crippen LogP) is 2.49. The van der Waals surface area contributed by atoms with E-state index in [-0.39, 0.29) is 18.0 Å². The molecule has 0 aliphatic carbocycles. The summed E-state index contributed by atoms with van der Waals surface area (Å²) in [7, 11) is -3.58. The molecule has 2 rings (SSSR count). The van der Waals surface area contributed by atoms with Gasteiger partial charge >= 0.3 is 0 Å². The normalized spacial score (nSPS) is 11.8. The fourth-order valence-corrected chi connectivity index (χ4v) is 3.54. The summed E-state index contributed by atoms with van der Waals surface area (Å²) in [4.78, 5) is 0.219. The van der Waals surface area contributed by atoms with Crippen LogP contribution in [0.1, 0.15) is 5.56 Å². The third-order valence-corrected chi connectivity index (χ3v) is 5.14. The van der Waals surface area contributed by atoms with Crippen molar-refractivity contribution in [3.05, 3.63) is 65.2 Å². The molecule has 0 amide bonds. The Morgan fingerprint density at radius 1 is 1.00 bits per heavy atom. The molecule has 2 N–H and O–H groups in total. The van der Waals surface area contributed by atoms with Crippen LogP contribution >= 0.6 is 11.6 Å². The van der Waals surface area contributed by atoms with Crippen molar-refractivity contribution in [2.75, 3.05) is 13.1 Å². The first-order valence-electron chi connectivity index (χ1n) is 6.54. The maximum atomic E-state index is 12.7. The second-order valence-corrected chi connectivity index (χ2v) is 6.94. The molecule has 0 spiro atoms. The lowest BCUT2D eigenvalue weighted by Gasteiger charge is -2.21. The fourth-order valence-electron chi connectivity index (χ4n) is 1.97. The highest BCUT2D eigenvalue weighted by molar-refractivity contribution is 7.89. The Bertz CT molecular complexity index is 673. The van der Waals surface area contributed by atoms with Crippen molar-refractivity contribution in [1.82, 2.24) is 4.31 Å². The number of nitrogens with two attached hydrogens (primary N) is 1. The number of sulfonamides is 1. The Hall–Kier alpha value is -1.40. The molecule has 0 bridgehead atoms. The molecule has 0 aliphatic rings. The number of nitrogens with zero attached hydrogens (tertiary/aromatic N) is 1. The molecule has 0 aromatic heterocycles. The van der Waals surface area contributed by atoms with Gasteiger partial charge in [-0.1, -0.05) is 41.9 Å². The summed E-state index contributed by atoms with van der Waals surface area (Å²) in [6.07, 6.45) is 0. The summed E-state index contributed by atoms with van der Waals surface area (Å²) >= 11 is 5.80. The van der Waals surface area contributed by atoms with Gasteiger partial charge in [-0.15, -0.1) is 0 Å². The molecule has 2 aromatic rings. The average molecular weight is 325 g/mol. The van der Waals surface area contributed by atoms with Gasteiger partial charge in [0, 0.05) is 24.7 Å². The maximum Gasteiger partial charge on any atom is 0.243 e. The summed E-state index contributed by atoms with van der Waals surface area (Å²) in [6.45, 7) is 0.822. The largest absolute Gasteiger partial charge is 0.329 e. The highest BCUT2D eigenvalue weighted by Crippen LogP contribution is 2.20. The fraction of sp³-hybridized carbons (Fsp3) is 0.200. The van der Waals surface area contributed by atoms with Gasteiger partial charge in [0.25, 0.3) is 0 Å². The Morgan fingerprint density at radius 3 is 2.19 bits per heavy atom. The second-order valence-electron chi connectivity index (χ2n) is 4.57. The molecule has 21 heavy (non-hydrogen) atoms. The maximum absolute atomic E-state index is 12.7. The van der Waals surface area contributed by atoms with Crippen molar-refractivity contribution in [1.29, 1.82) is 0 Å². The smallest absolute Gasteiger partial charge is 0.243 e. The van der Waals surface area contributed by atoms with E-state index in [1.54, 1.807) is 12.1 Å². The number of hydrogen-bond donors (Lipinski definition) is 1. The van der Waals surface area contributed by atoms with Crippen LogP contribution in [0.2, 0.25) is 5.02 Å². The topological polar surface area (TPSA) is 63.4 Å². The van der Waals surface area contributed by atoms with Gasteiger partial charge in [-0.25, -0.2) is 8.42 Å². The molecule has 0 saturated carbocycles. The van der Waals surface area contributed by atoms with Gasteiger partial charge < -0.3 is 5.73 Å². The van der Waals surface area contributed by atoms with Crippen molar-refractivity contribution in [2.24, 2.45) is 5.73 Å². The monoisotopic (exact) mass is 324 g/mol. The van der Waals surface area contributed by atoms with Gasteiger partial charge in [-0.05, 0) is 29.8 Å². The highest BCUT2D eigenvalue weighted by atomic mass is 35.5. The Labute approximate surface area is 130 Å². The van der Waals surface area contributed by atoms with E-state index in [1.807, 2.05) is 30.3 Å². The van der Waals surface area contributed by atoms with Gasteiger partial charge in [0.05, 0.1) is 4.90 Å². The van der Waals surface area contributed by atoms with Crippen molar-refractivity contribution in [2.45, 2.75) is 11.4 Å². The van der Waals surface area contributed by atoms with Crippen LogP contribution in [0.25, 0.3) is 0 Å². The molecule has 0 atom stereocenters. The minimum atomic E-state index is -3.58. The number of rotatable bonds is 6. The zero-order chi connectivity index (χ0) is 15.3. The van der Waals surface area contributed by atoms with E-state index >= 15 is 0 Å². The highest BCUT2D eigenvalue weighted by Gasteiger charge is 2.23. The number of hydrogen-bond acceptors (Lipinski definition) is 3. The lowest BCUT2D eigenvalue weighted by Crippen LogP contribution is -2.34. The molecule has 0 aliphatic heterocycles. The van der Waals surface area contributed by atoms with E-state index in [1.165, 1.54) is 16.4 Å². The molecule has 112 valence electrons. The summed E-state index contributed by atoms with van der Waals surface area (Å²) < 4.78 is 26.7. The van der Waals surface area contributed by atoms with Crippen LogP contribution < -0.4 is 5.73 Å². The number of halogens is 1. The summed E-state index contributed by atoms with van der Waals surface area (Å²) in [6, 6.07) is 15.6. The van der Waals surface area contributed by atoms with Gasteiger partial charge in [-0.2, -0.15) is 4.31 Å². The van der Waals surface area contributed by atoms with Crippen LogP contribution in [0.3, 0.4) is 0 Å². The standard InChI is InChI=1S/C15H17ClN2O2S/c16-14-6-8-15(9-7-14)21(19,20)18(11-10-17)12-13-4-2-1-3-5-13/h1-9H,10-12,17H2. The molecular weight excluding hydrogens is 308 g/mol. The van der Waals surface area contributed by atoms with Gasteiger partial charge in [0.15, 0.2) is 0 Å². The van der Waals surface area contributed by atoms with Crippen molar-refractivity contribution < 1.29 is 8.42 Å². The second kappa shape index (κ2) is 7.04.